The summed E-state index contributed by atoms with van der Waals surface area (Å²) in [5.74, 6) is -2.15. The molecule has 1 aliphatic heterocycles. The van der Waals surface area contributed by atoms with Gasteiger partial charge in [-0.2, -0.15) is 0 Å². The first-order chi connectivity index (χ1) is 16.2. The maximum Gasteiger partial charge on any atom is 0.303 e. The van der Waals surface area contributed by atoms with E-state index in [0.717, 1.165) is 49.7 Å². The Kier molecular flexibility index (Phi) is 11.3. The van der Waals surface area contributed by atoms with Crippen LogP contribution in [0.1, 0.15) is 48.9 Å². The summed E-state index contributed by atoms with van der Waals surface area (Å²) in [6, 6.07) is 13.6. The molecular formula is C26H36ClN3O4. The second-order valence-electron chi connectivity index (χ2n) is 8.78. The van der Waals surface area contributed by atoms with Crippen molar-refractivity contribution < 1.29 is 19.8 Å². The highest BCUT2D eigenvalue weighted by Crippen LogP contribution is 2.31. The summed E-state index contributed by atoms with van der Waals surface area (Å²) in [5, 5.41) is 23.7. The first-order valence-electron chi connectivity index (χ1n) is 11.6. The number of carboxylic acids is 2. The largest absolute Gasteiger partial charge is 0.481 e. The van der Waals surface area contributed by atoms with Gasteiger partial charge in [0.05, 0.1) is 23.6 Å². The fraction of sp³-hybridized carbons (Fsp3) is 0.462. The molecule has 0 unspecified atom stereocenters. The van der Waals surface area contributed by atoms with Gasteiger partial charge < -0.3 is 20.8 Å². The van der Waals surface area contributed by atoms with Crippen LogP contribution in [0.3, 0.4) is 0 Å². The Morgan fingerprint density at radius 3 is 2.18 bits per heavy atom. The lowest BCUT2D eigenvalue weighted by Crippen LogP contribution is -2.25. The summed E-state index contributed by atoms with van der Waals surface area (Å²) in [6.45, 7) is 8.28. The van der Waals surface area contributed by atoms with Crippen LogP contribution in [-0.4, -0.2) is 53.2 Å². The molecule has 0 fully saturated rings. The van der Waals surface area contributed by atoms with Crippen molar-refractivity contribution in [2.45, 2.75) is 58.7 Å². The lowest BCUT2D eigenvalue weighted by atomic mass is 10.0. The topological polar surface area (TPSA) is 102 Å². The van der Waals surface area contributed by atoms with E-state index in [-0.39, 0.29) is 12.8 Å². The van der Waals surface area contributed by atoms with Gasteiger partial charge in [-0.15, -0.1) is 0 Å². The van der Waals surface area contributed by atoms with Crippen LogP contribution >= 0.6 is 11.6 Å². The van der Waals surface area contributed by atoms with Crippen molar-refractivity contribution in [3.8, 4) is 0 Å². The first kappa shape index (κ1) is 27.6. The predicted molar refractivity (Wildman–Crippen MR) is 137 cm³/mol. The Morgan fingerprint density at radius 2 is 1.59 bits per heavy atom. The highest BCUT2D eigenvalue weighted by molar-refractivity contribution is 6.33. The number of anilines is 1. The molecule has 1 heterocycles. The number of nitrogens with one attached hydrogen (secondary N) is 2. The third-order valence-corrected chi connectivity index (χ3v) is 6.16. The van der Waals surface area contributed by atoms with Crippen molar-refractivity contribution in [3.63, 3.8) is 0 Å². The molecule has 0 amide bonds. The fourth-order valence-electron chi connectivity index (χ4n) is 3.57. The number of nitrogens with zero attached hydrogens (tertiary/aromatic N) is 1. The van der Waals surface area contributed by atoms with Gasteiger partial charge in [-0.1, -0.05) is 41.9 Å². The predicted octanol–water partition coefficient (Wildman–Crippen LogP) is 4.42. The number of rotatable bonds is 9. The standard InChI is InChI=1S/C22H30ClN3.C4H6O4/c1-16(2)26(3)15-18-6-4-17(5-7-18)14-25-22-20-11-13-24-12-10-19(20)8-9-21(22)23;5-3(6)1-2-4(7)8/h4-9,16,24-25H,10-15H2,1-3H3;1-2H2,(H,5,6)(H,7,8). The van der Waals surface area contributed by atoms with Crippen LogP contribution < -0.4 is 10.6 Å². The average molecular weight is 490 g/mol. The Morgan fingerprint density at radius 1 is 1.00 bits per heavy atom. The quantitative estimate of drug-likeness (QED) is 0.413. The number of aliphatic carboxylic acids is 2. The summed E-state index contributed by atoms with van der Waals surface area (Å²) in [4.78, 5) is 21.6. The Balaban J connectivity index is 0.000000440. The van der Waals surface area contributed by atoms with Crippen LogP contribution in [0.4, 0.5) is 5.69 Å². The molecule has 0 aromatic heterocycles. The fourth-order valence-corrected chi connectivity index (χ4v) is 3.82. The molecule has 0 aliphatic carbocycles. The molecular weight excluding hydrogens is 454 g/mol. The highest BCUT2D eigenvalue weighted by atomic mass is 35.5. The van der Waals surface area contributed by atoms with E-state index in [0.29, 0.717) is 6.04 Å². The summed E-state index contributed by atoms with van der Waals surface area (Å²) in [6.07, 6.45) is 1.50. The van der Waals surface area contributed by atoms with Crippen molar-refractivity contribution in [3.05, 3.63) is 63.7 Å². The van der Waals surface area contributed by atoms with E-state index in [9.17, 15) is 9.59 Å². The molecule has 0 bridgehead atoms. The summed E-state index contributed by atoms with van der Waals surface area (Å²) >= 11 is 6.50. The van der Waals surface area contributed by atoms with E-state index >= 15 is 0 Å². The first-order valence-corrected chi connectivity index (χ1v) is 12.0. The number of hydrogen-bond donors (Lipinski definition) is 4. The zero-order chi connectivity index (χ0) is 25.1. The number of halogens is 1. The molecule has 4 N–H and O–H groups in total. The van der Waals surface area contributed by atoms with Gasteiger partial charge in [-0.25, -0.2) is 0 Å². The Labute approximate surface area is 207 Å². The van der Waals surface area contributed by atoms with Crippen molar-refractivity contribution in [2.24, 2.45) is 0 Å². The average Bonchev–Trinajstić information content (AvgIpc) is 3.04. The van der Waals surface area contributed by atoms with Crippen LogP contribution in [0, 0.1) is 0 Å². The minimum Gasteiger partial charge on any atom is -0.481 e. The molecule has 1 aliphatic rings. The monoisotopic (exact) mass is 489 g/mol. The Bertz CT molecular complexity index is 934. The molecule has 0 radical (unpaired) electrons. The molecule has 2 aromatic rings. The van der Waals surface area contributed by atoms with E-state index in [1.54, 1.807) is 0 Å². The van der Waals surface area contributed by atoms with Crippen LogP contribution in [-0.2, 0) is 35.5 Å². The Hall–Kier alpha value is -2.61. The van der Waals surface area contributed by atoms with Gasteiger partial charge >= 0.3 is 11.9 Å². The molecule has 7 nitrogen and oxygen atoms in total. The van der Waals surface area contributed by atoms with E-state index in [4.69, 9.17) is 21.8 Å². The normalized spacial score (nSPS) is 13.0. The van der Waals surface area contributed by atoms with Crippen molar-refractivity contribution in [2.75, 3.05) is 25.5 Å². The number of hydrogen-bond acceptors (Lipinski definition) is 5. The minimum absolute atomic E-state index is 0.296. The highest BCUT2D eigenvalue weighted by Gasteiger charge is 2.14. The minimum atomic E-state index is -1.08. The second kappa shape index (κ2) is 13.9. The van der Waals surface area contributed by atoms with Gasteiger partial charge in [0.2, 0.25) is 0 Å². The zero-order valence-corrected chi connectivity index (χ0v) is 21.0. The van der Waals surface area contributed by atoms with E-state index in [1.165, 1.54) is 22.3 Å². The van der Waals surface area contributed by atoms with Gasteiger partial charge in [-0.05, 0) is 75.1 Å². The van der Waals surface area contributed by atoms with Gasteiger partial charge in [0.15, 0.2) is 0 Å². The summed E-state index contributed by atoms with van der Waals surface area (Å²) in [5.41, 5.74) is 6.52. The molecule has 0 spiro atoms. The van der Waals surface area contributed by atoms with Crippen molar-refractivity contribution in [1.29, 1.82) is 0 Å². The molecule has 0 saturated carbocycles. The molecule has 0 atom stereocenters. The maximum atomic E-state index is 9.64. The van der Waals surface area contributed by atoms with Gasteiger partial charge in [0.25, 0.3) is 0 Å². The van der Waals surface area contributed by atoms with Crippen molar-refractivity contribution in [1.82, 2.24) is 10.2 Å². The smallest absolute Gasteiger partial charge is 0.303 e. The molecule has 34 heavy (non-hydrogen) atoms. The molecule has 3 rings (SSSR count). The second-order valence-corrected chi connectivity index (χ2v) is 9.18. The molecule has 2 aromatic carbocycles. The van der Waals surface area contributed by atoms with Crippen molar-refractivity contribution >= 4 is 29.2 Å². The lowest BCUT2D eigenvalue weighted by Gasteiger charge is -2.21. The SMILES string of the molecule is CC(C)N(C)Cc1ccc(CNc2c(Cl)ccc3c2CCNCC3)cc1.O=C(O)CCC(=O)O. The van der Waals surface area contributed by atoms with Crippen LogP contribution in [0.5, 0.6) is 0 Å². The zero-order valence-electron chi connectivity index (χ0n) is 20.2. The van der Waals surface area contributed by atoms with E-state index in [1.807, 2.05) is 6.07 Å². The van der Waals surface area contributed by atoms with E-state index in [2.05, 4.69) is 66.8 Å². The lowest BCUT2D eigenvalue weighted by molar-refractivity contribution is -0.143. The number of benzene rings is 2. The van der Waals surface area contributed by atoms with Gasteiger partial charge in [-0.3, -0.25) is 14.5 Å². The van der Waals surface area contributed by atoms with Gasteiger partial charge in [0.1, 0.15) is 0 Å². The van der Waals surface area contributed by atoms with Crippen LogP contribution in [0.25, 0.3) is 0 Å². The molecule has 0 saturated heterocycles. The number of carbonyl (C=O) groups is 2. The van der Waals surface area contributed by atoms with Crippen LogP contribution in [0.2, 0.25) is 5.02 Å². The third-order valence-electron chi connectivity index (χ3n) is 5.84. The summed E-state index contributed by atoms with van der Waals surface area (Å²) < 4.78 is 0. The number of carboxylic acid groups (broad SMARTS) is 2. The van der Waals surface area contributed by atoms with E-state index < -0.39 is 11.9 Å². The third kappa shape index (κ3) is 9.33. The molecule has 186 valence electrons. The van der Waals surface area contributed by atoms with Crippen LogP contribution in [0.15, 0.2) is 36.4 Å². The number of fused-ring (bicyclic) bond motifs is 1. The molecule has 8 heteroatoms. The maximum absolute atomic E-state index is 9.64. The summed E-state index contributed by atoms with van der Waals surface area (Å²) in [7, 11) is 2.16. The van der Waals surface area contributed by atoms with Gasteiger partial charge in [0, 0.05) is 19.1 Å².